The lowest BCUT2D eigenvalue weighted by Crippen LogP contribution is -2.34. The maximum atomic E-state index is 12.6. The van der Waals surface area contributed by atoms with Gasteiger partial charge in [0.25, 0.3) is 0 Å². The Labute approximate surface area is 247 Å². The standard InChI is InChI=1S/C34H38N2O6/c37-30(35-17-7-1-8-18-35)13-5-3-11-25-21-27(33-29(22-25)40-24-41-33)32-26(15-16-28-34(32)42-23-39-28)12-4-6-14-31(38)36-19-9-2-10-20-36/h4-6,12-16,21-22H,1-3,7-11,17-20,23-24H2/b12-4+,13-5+,14-6+. The Balaban J connectivity index is 1.23. The van der Waals surface area contributed by atoms with E-state index in [-0.39, 0.29) is 25.4 Å². The van der Waals surface area contributed by atoms with Crippen molar-refractivity contribution >= 4 is 17.9 Å². The molecule has 4 heterocycles. The molecule has 0 aromatic heterocycles. The van der Waals surface area contributed by atoms with Crippen molar-refractivity contribution in [2.24, 2.45) is 0 Å². The molecule has 4 aliphatic rings. The first kappa shape index (κ1) is 27.9. The predicted molar refractivity (Wildman–Crippen MR) is 161 cm³/mol. The molecule has 2 saturated heterocycles. The lowest BCUT2D eigenvalue weighted by atomic mass is 9.94. The van der Waals surface area contributed by atoms with Gasteiger partial charge in [0.1, 0.15) is 0 Å². The molecule has 2 amide bonds. The van der Waals surface area contributed by atoms with Gasteiger partial charge in [-0.1, -0.05) is 30.4 Å². The van der Waals surface area contributed by atoms with E-state index < -0.39 is 0 Å². The van der Waals surface area contributed by atoms with Crippen molar-refractivity contribution in [1.29, 1.82) is 0 Å². The number of hydrogen-bond donors (Lipinski definition) is 0. The minimum Gasteiger partial charge on any atom is -0.454 e. The monoisotopic (exact) mass is 570 g/mol. The van der Waals surface area contributed by atoms with E-state index in [9.17, 15) is 9.59 Å². The molecule has 220 valence electrons. The van der Waals surface area contributed by atoms with Crippen LogP contribution in [0.15, 0.2) is 54.6 Å². The Kier molecular flexibility index (Phi) is 8.78. The third-order valence-electron chi connectivity index (χ3n) is 8.19. The quantitative estimate of drug-likeness (QED) is 0.291. The van der Waals surface area contributed by atoms with Crippen LogP contribution in [-0.2, 0) is 16.0 Å². The van der Waals surface area contributed by atoms with Gasteiger partial charge in [0.05, 0.1) is 0 Å². The van der Waals surface area contributed by atoms with Gasteiger partial charge in [-0.15, -0.1) is 0 Å². The second-order valence-corrected chi connectivity index (χ2v) is 11.1. The molecule has 0 bridgehead atoms. The van der Waals surface area contributed by atoms with Crippen molar-refractivity contribution in [3.05, 3.63) is 65.8 Å². The van der Waals surface area contributed by atoms with Gasteiger partial charge >= 0.3 is 0 Å². The predicted octanol–water partition coefficient (Wildman–Crippen LogP) is 5.89. The van der Waals surface area contributed by atoms with E-state index in [1.54, 1.807) is 18.2 Å². The summed E-state index contributed by atoms with van der Waals surface area (Å²) in [6.45, 7) is 3.65. The Morgan fingerprint density at radius 3 is 2.12 bits per heavy atom. The summed E-state index contributed by atoms with van der Waals surface area (Å²) >= 11 is 0. The number of aryl methyl sites for hydroxylation is 1. The molecule has 0 N–H and O–H groups in total. The first-order valence-electron chi connectivity index (χ1n) is 15.1. The second kappa shape index (κ2) is 13.2. The highest BCUT2D eigenvalue weighted by molar-refractivity contribution is 5.90. The number of nitrogens with zero attached hydrogens (tertiary/aromatic N) is 2. The minimum absolute atomic E-state index is 0.0491. The van der Waals surface area contributed by atoms with Gasteiger partial charge in [-0.2, -0.15) is 0 Å². The molecule has 42 heavy (non-hydrogen) atoms. The van der Waals surface area contributed by atoms with Crippen LogP contribution in [0.5, 0.6) is 23.0 Å². The zero-order valence-electron chi connectivity index (χ0n) is 24.0. The van der Waals surface area contributed by atoms with Gasteiger partial charge in [0.15, 0.2) is 23.0 Å². The SMILES string of the molecule is O=C(/C=C/C=C/c1ccc2c(c1-c1cc(CC/C=C/C(=O)N3CCCCC3)cc3c1OCO3)OCO2)N1CCCCC1. The fourth-order valence-corrected chi connectivity index (χ4v) is 5.97. The van der Waals surface area contributed by atoms with E-state index in [1.807, 2.05) is 46.2 Å². The van der Waals surface area contributed by atoms with Gasteiger partial charge in [0, 0.05) is 43.4 Å². The number of allylic oxidation sites excluding steroid dienone is 3. The molecule has 8 nitrogen and oxygen atoms in total. The number of likely N-dealkylation sites (tertiary alicyclic amines) is 2. The summed E-state index contributed by atoms with van der Waals surface area (Å²) in [7, 11) is 0. The summed E-state index contributed by atoms with van der Waals surface area (Å²) < 4.78 is 23.4. The summed E-state index contributed by atoms with van der Waals surface area (Å²) in [4.78, 5) is 28.9. The van der Waals surface area contributed by atoms with E-state index in [2.05, 4.69) is 6.07 Å². The molecule has 4 aliphatic heterocycles. The summed E-state index contributed by atoms with van der Waals surface area (Å²) in [5, 5.41) is 0. The number of piperidine rings is 2. The number of hydrogen-bond acceptors (Lipinski definition) is 6. The number of rotatable bonds is 8. The van der Waals surface area contributed by atoms with Gasteiger partial charge in [-0.05, 0) is 86.8 Å². The van der Waals surface area contributed by atoms with E-state index in [4.69, 9.17) is 18.9 Å². The minimum atomic E-state index is 0.0491. The summed E-state index contributed by atoms with van der Waals surface area (Å²) in [6, 6.07) is 8.01. The smallest absolute Gasteiger partial charge is 0.246 e. The lowest BCUT2D eigenvalue weighted by molar-refractivity contribution is -0.127. The van der Waals surface area contributed by atoms with Crippen molar-refractivity contribution in [1.82, 2.24) is 9.80 Å². The molecule has 2 aromatic carbocycles. The number of benzene rings is 2. The molecule has 0 aliphatic carbocycles. The number of carbonyl (C=O) groups is 2. The van der Waals surface area contributed by atoms with Crippen LogP contribution in [-0.4, -0.2) is 61.4 Å². The largest absolute Gasteiger partial charge is 0.454 e. The highest BCUT2D eigenvalue weighted by atomic mass is 16.7. The molecule has 0 spiro atoms. The van der Waals surface area contributed by atoms with Crippen LogP contribution in [0.2, 0.25) is 0 Å². The Hall–Kier alpha value is -4.20. The molecule has 2 aromatic rings. The number of fused-ring (bicyclic) bond motifs is 2. The third kappa shape index (κ3) is 6.32. The van der Waals surface area contributed by atoms with Crippen LogP contribution in [0.4, 0.5) is 0 Å². The summed E-state index contributed by atoms with van der Waals surface area (Å²) in [6.07, 6.45) is 19.1. The zero-order valence-corrected chi connectivity index (χ0v) is 24.0. The molecule has 0 radical (unpaired) electrons. The second-order valence-electron chi connectivity index (χ2n) is 11.1. The van der Waals surface area contributed by atoms with Crippen LogP contribution < -0.4 is 18.9 Å². The average Bonchev–Trinajstić information content (AvgIpc) is 3.71. The lowest BCUT2D eigenvalue weighted by Gasteiger charge is -2.25. The van der Waals surface area contributed by atoms with Crippen molar-refractivity contribution in [2.75, 3.05) is 39.8 Å². The molecule has 2 fully saturated rings. The van der Waals surface area contributed by atoms with Crippen LogP contribution in [0.25, 0.3) is 17.2 Å². The van der Waals surface area contributed by atoms with Crippen LogP contribution in [0, 0.1) is 0 Å². The Bertz CT molecular complexity index is 1400. The molecule has 0 saturated carbocycles. The van der Waals surface area contributed by atoms with E-state index in [0.29, 0.717) is 23.0 Å². The van der Waals surface area contributed by atoms with Crippen molar-refractivity contribution in [2.45, 2.75) is 51.4 Å². The van der Waals surface area contributed by atoms with Crippen LogP contribution in [0.1, 0.15) is 56.1 Å². The molecule has 0 atom stereocenters. The van der Waals surface area contributed by atoms with Crippen LogP contribution >= 0.6 is 0 Å². The van der Waals surface area contributed by atoms with E-state index in [1.165, 1.54) is 12.8 Å². The maximum absolute atomic E-state index is 12.6. The zero-order chi connectivity index (χ0) is 28.7. The van der Waals surface area contributed by atoms with E-state index >= 15 is 0 Å². The van der Waals surface area contributed by atoms with Gasteiger partial charge < -0.3 is 28.7 Å². The van der Waals surface area contributed by atoms with E-state index in [0.717, 1.165) is 87.0 Å². The third-order valence-corrected chi connectivity index (χ3v) is 8.19. The molecule has 6 rings (SSSR count). The molecule has 0 unspecified atom stereocenters. The van der Waals surface area contributed by atoms with Gasteiger partial charge in [-0.3, -0.25) is 9.59 Å². The normalized spacial score (nSPS) is 18.1. The van der Waals surface area contributed by atoms with Crippen molar-refractivity contribution < 1.29 is 28.5 Å². The fourth-order valence-electron chi connectivity index (χ4n) is 5.97. The van der Waals surface area contributed by atoms with Gasteiger partial charge in [-0.25, -0.2) is 0 Å². The first-order valence-corrected chi connectivity index (χ1v) is 15.1. The Morgan fingerprint density at radius 2 is 1.38 bits per heavy atom. The van der Waals surface area contributed by atoms with Gasteiger partial charge in [0.2, 0.25) is 25.4 Å². The topological polar surface area (TPSA) is 77.5 Å². The fraction of sp³-hybridized carbons (Fsp3) is 0.412. The summed E-state index contributed by atoms with van der Waals surface area (Å²) in [5.41, 5.74) is 3.71. The number of carbonyl (C=O) groups excluding carboxylic acids is 2. The van der Waals surface area contributed by atoms with Crippen molar-refractivity contribution in [3.8, 4) is 34.1 Å². The van der Waals surface area contributed by atoms with Crippen molar-refractivity contribution in [3.63, 3.8) is 0 Å². The molecule has 8 heteroatoms. The first-order chi connectivity index (χ1) is 20.7. The number of amides is 2. The Morgan fingerprint density at radius 1 is 0.714 bits per heavy atom. The van der Waals surface area contributed by atoms with Crippen LogP contribution in [0.3, 0.4) is 0 Å². The maximum Gasteiger partial charge on any atom is 0.246 e. The highest BCUT2D eigenvalue weighted by Gasteiger charge is 2.28. The highest BCUT2D eigenvalue weighted by Crippen LogP contribution is 2.50. The number of ether oxygens (including phenoxy) is 4. The summed E-state index contributed by atoms with van der Waals surface area (Å²) in [5.74, 6) is 2.84. The molecular formula is C34H38N2O6. The average molecular weight is 571 g/mol. The molecular weight excluding hydrogens is 532 g/mol.